The first kappa shape index (κ1) is 11.2. The fraction of sp³-hybridized carbons (Fsp3) is 0.429. The lowest BCUT2D eigenvalue weighted by atomic mass is 10.1. The summed E-state index contributed by atoms with van der Waals surface area (Å²) in [6.07, 6.45) is 8.47. The lowest BCUT2D eigenvalue weighted by Crippen LogP contribution is -2.40. The molecule has 1 aliphatic rings. The van der Waals surface area contributed by atoms with Crippen molar-refractivity contribution in [3.63, 3.8) is 0 Å². The van der Waals surface area contributed by atoms with Gasteiger partial charge in [-0.1, -0.05) is 36.4 Å². The number of nitrogens with zero attached hydrogens (tertiary/aromatic N) is 1. The van der Waals surface area contributed by atoms with Crippen molar-refractivity contribution >= 4 is 0 Å². The average Bonchev–Trinajstić information content (AvgIpc) is 2.59. The zero-order valence-corrected chi connectivity index (χ0v) is 9.89. The van der Waals surface area contributed by atoms with Crippen LogP contribution in [0.15, 0.2) is 42.6 Å². The van der Waals surface area contributed by atoms with E-state index in [1.54, 1.807) is 0 Å². The number of rotatable bonds is 3. The fourth-order valence-electron chi connectivity index (χ4n) is 2.10. The van der Waals surface area contributed by atoms with E-state index in [1.807, 2.05) is 0 Å². The first-order valence-corrected chi connectivity index (χ1v) is 6.01. The third-order valence-electron chi connectivity index (χ3n) is 3.06. The summed E-state index contributed by atoms with van der Waals surface area (Å²) in [7, 11) is 2.18. The molecule has 1 atom stereocenters. The third kappa shape index (κ3) is 3.11. The quantitative estimate of drug-likeness (QED) is 0.835. The maximum absolute atomic E-state index is 3.45. The molecule has 0 saturated carbocycles. The maximum Gasteiger partial charge on any atom is 0.0788 e. The minimum absolute atomic E-state index is 0.471. The topological polar surface area (TPSA) is 15.3 Å². The van der Waals surface area contributed by atoms with Crippen LogP contribution in [-0.2, 0) is 6.54 Å². The summed E-state index contributed by atoms with van der Waals surface area (Å²) in [5.74, 6) is 0. The molecule has 0 radical (unpaired) electrons. The summed E-state index contributed by atoms with van der Waals surface area (Å²) in [5, 5.41) is 3.45. The number of hydrogen-bond donors (Lipinski definition) is 1. The lowest BCUT2D eigenvalue weighted by Gasteiger charge is -2.27. The van der Waals surface area contributed by atoms with Crippen LogP contribution >= 0.6 is 0 Å². The Morgan fingerprint density at radius 1 is 1.31 bits per heavy atom. The van der Waals surface area contributed by atoms with Crippen LogP contribution < -0.4 is 5.32 Å². The average molecular weight is 216 g/mol. The highest BCUT2D eigenvalue weighted by Gasteiger charge is 2.13. The molecule has 1 aromatic rings. The van der Waals surface area contributed by atoms with Crippen molar-refractivity contribution in [1.82, 2.24) is 10.2 Å². The van der Waals surface area contributed by atoms with Crippen LogP contribution in [0.1, 0.15) is 24.8 Å². The second-order valence-electron chi connectivity index (χ2n) is 4.42. The maximum atomic E-state index is 3.45. The molecule has 2 heteroatoms. The minimum atomic E-state index is 0.471. The van der Waals surface area contributed by atoms with E-state index in [9.17, 15) is 0 Å². The number of nitrogens with one attached hydrogen (secondary N) is 1. The van der Waals surface area contributed by atoms with Crippen LogP contribution in [0.2, 0.25) is 0 Å². The van der Waals surface area contributed by atoms with Crippen molar-refractivity contribution in [2.45, 2.75) is 32.0 Å². The predicted octanol–water partition coefficient (Wildman–Crippen LogP) is 2.73. The summed E-state index contributed by atoms with van der Waals surface area (Å²) in [6.45, 7) is 1.01. The molecule has 1 heterocycles. The molecule has 16 heavy (non-hydrogen) atoms. The SMILES string of the molecule is CN(Cc1ccccc1)C1CCCC=CN1. The molecule has 2 rings (SSSR count). The highest BCUT2D eigenvalue weighted by atomic mass is 15.2. The Labute approximate surface area is 98.0 Å². The van der Waals surface area contributed by atoms with E-state index in [4.69, 9.17) is 0 Å². The van der Waals surface area contributed by atoms with Gasteiger partial charge < -0.3 is 5.32 Å². The van der Waals surface area contributed by atoms with Crippen LogP contribution in [0.5, 0.6) is 0 Å². The second-order valence-corrected chi connectivity index (χ2v) is 4.42. The van der Waals surface area contributed by atoms with Gasteiger partial charge in [-0.05, 0) is 38.1 Å². The second kappa shape index (κ2) is 5.71. The number of hydrogen-bond acceptors (Lipinski definition) is 2. The monoisotopic (exact) mass is 216 g/mol. The summed E-state index contributed by atoms with van der Waals surface area (Å²) in [4.78, 5) is 2.38. The van der Waals surface area contributed by atoms with Crippen LogP contribution in [-0.4, -0.2) is 18.1 Å². The van der Waals surface area contributed by atoms with E-state index >= 15 is 0 Å². The Morgan fingerprint density at radius 3 is 2.94 bits per heavy atom. The summed E-state index contributed by atoms with van der Waals surface area (Å²) in [6, 6.07) is 10.6. The van der Waals surface area contributed by atoms with E-state index in [-0.39, 0.29) is 0 Å². The van der Waals surface area contributed by atoms with Crippen LogP contribution in [0.4, 0.5) is 0 Å². The van der Waals surface area contributed by atoms with Gasteiger partial charge in [0.1, 0.15) is 0 Å². The number of allylic oxidation sites excluding steroid dienone is 1. The molecular formula is C14H20N2. The van der Waals surface area contributed by atoms with Crippen molar-refractivity contribution in [2.75, 3.05) is 7.05 Å². The molecule has 0 spiro atoms. The third-order valence-corrected chi connectivity index (χ3v) is 3.06. The van der Waals surface area contributed by atoms with E-state index in [0.29, 0.717) is 6.17 Å². The minimum Gasteiger partial charge on any atom is -0.376 e. The standard InChI is InChI=1S/C14H20N2/c1-16(12-13-8-4-2-5-9-13)14-10-6-3-7-11-15-14/h2,4-5,7-9,11,14-15H,3,6,10,12H2,1H3. The van der Waals surface area contributed by atoms with Crippen LogP contribution in [0, 0.1) is 0 Å². The Kier molecular flexibility index (Phi) is 4.00. The Morgan fingerprint density at radius 2 is 2.12 bits per heavy atom. The van der Waals surface area contributed by atoms with Crippen molar-refractivity contribution in [1.29, 1.82) is 0 Å². The smallest absolute Gasteiger partial charge is 0.0788 e. The lowest BCUT2D eigenvalue weighted by molar-refractivity contribution is 0.201. The van der Waals surface area contributed by atoms with Gasteiger partial charge in [-0.25, -0.2) is 0 Å². The molecule has 1 N–H and O–H groups in total. The zero-order valence-electron chi connectivity index (χ0n) is 9.89. The van der Waals surface area contributed by atoms with Gasteiger partial charge in [0.25, 0.3) is 0 Å². The van der Waals surface area contributed by atoms with Gasteiger partial charge in [0.05, 0.1) is 6.17 Å². The van der Waals surface area contributed by atoms with Crippen LogP contribution in [0.25, 0.3) is 0 Å². The fourth-order valence-corrected chi connectivity index (χ4v) is 2.10. The highest BCUT2D eigenvalue weighted by Crippen LogP contribution is 2.12. The van der Waals surface area contributed by atoms with Gasteiger partial charge in [-0.15, -0.1) is 0 Å². The molecule has 0 bridgehead atoms. The molecule has 0 amide bonds. The van der Waals surface area contributed by atoms with Gasteiger partial charge in [0.2, 0.25) is 0 Å². The molecule has 86 valence electrons. The molecular weight excluding hydrogens is 196 g/mol. The van der Waals surface area contributed by atoms with Gasteiger partial charge in [-0.2, -0.15) is 0 Å². The van der Waals surface area contributed by atoms with Gasteiger partial charge in [0.15, 0.2) is 0 Å². The van der Waals surface area contributed by atoms with Crippen molar-refractivity contribution < 1.29 is 0 Å². The predicted molar refractivity (Wildman–Crippen MR) is 67.8 cm³/mol. The van der Waals surface area contributed by atoms with E-state index in [1.165, 1.54) is 24.8 Å². The Balaban J connectivity index is 1.92. The molecule has 0 saturated heterocycles. The molecule has 2 nitrogen and oxygen atoms in total. The summed E-state index contributed by atoms with van der Waals surface area (Å²) >= 11 is 0. The molecule has 1 unspecified atom stereocenters. The Bertz CT molecular complexity index is 332. The first-order chi connectivity index (χ1) is 7.86. The first-order valence-electron chi connectivity index (χ1n) is 6.01. The highest BCUT2D eigenvalue weighted by molar-refractivity contribution is 5.14. The molecule has 0 aliphatic carbocycles. The molecule has 1 aromatic carbocycles. The Hall–Kier alpha value is -1.28. The largest absolute Gasteiger partial charge is 0.376 e. The molecule has 0 aromatic heterocycles. The van der Waals surface area contributed by atoms with E-state index in [2.05, 4.69) is 59.9 Å². The van der Waals surface area contributed by atoms with Gasteiger partial charge in [-0.3, -0.25) is 4.90 Å². The van der Waals surface area contributed by atoms with Gasteiger partial charge >= 0.3 is 0 Å². The summed E-state index contributed by atoms with van der Waals surface area (Å²) in [5.41, 5.74) is 1.38. The van der Waals surface area contributed by atoms with Crippen molar-refractivity contribution in [2.24, 2.45) is 0 Å². The number of benzene rings is 1. The van der Waals surface area contributed by atoms with Crippen LogP contribution in [0.3, 0.4) is 0 Å². The molecule has 0 fully saturated rings. The van der Waals surface area contributed by atoms with Gasteiger partial charge in [0, 0.05) is 6.54 Å². The van der Waals surface area contributed by atoms with Crippen molar-refractivity contribution in [3.05, 3.63) is 48.2 Å². The zero-order chi connectivity index (χ0) is 11.2. The molecule has 1 aliphatic heterocycles. The van der Waals surface area contributed by atoms with E-state index in [0.717, 1.165) is 6.54 Å². The van der Waals surface area contributed by atoms with Crippen molar-refractivity contribution in [3.8, 4) is 0 Å². The summed E-state index contributed by atoms with van der Waals surface area (Å²) < 4.78 is 0. The normalized spacial score (nSPS) is 20.5. The van der Waals surface area contributed by atoms with E-state index < -0.39 is 0 Å².